The Balaban J connectivity index is 1.83. The molecule has 0 aliphatic carbocycles. The largest absolute Gasteiger partial charge is 0.480 e. The number of nitrogens with two attached hydrogens (primary N) is 1. The van der Waals surface area contributed by atoms with Crippen LogP contribution in [-0.4, -0.2) is 44.0 Å². The van der Waals surface area contributed by atoms with Crippen molar-refractivity contribution in [2.75, 3.05) is 13.1 Å². The van der Waals surface area contributed by atoms with E-state index in [-0.39, 0.29) is 12.1 Å². The summed E-state index contributed by atoms with van der Waals surface area (Å²) in [5, 5.41) is 11.0. The third kappa shape index (κ3) is 2.45. The monoisotopic (exact) mass is 308 g/mol. The number of carboxylic acid groups (broad SMARTS) is 1. The van der Waals surface area contributed by atoms with Crippen molar-refractivity contribution in [3.8, 4) is 0 Å². The van der Waals surface area contributed by atoms with Gasteiger partial charge in [0, 0.05) is 36.8 Å². The zero-order valence-electron chi connectivity index (χ0n) is 11.6. The summed E-state index contributed by atoms with van der Waals surface area (Å²) in [5.74, 6) is -0.984. The van der Waals surface area contributed by atoms with Gasteiger partial charge >= 0.3 is 5.97 Å². The number of fused-ring (bicyclic) bond motifs is 1. The van der Waals surface area contributed by atoms with Gasteiger partial charge < -0.3 is 10.8 Å². The summed E-state index contributed by atoms with van der Waals surface area (Å²) >= 11 is 1.42. The van der Waals surface area contributed by atoms with Crippen LogP contribution in [0.25, 0.3) is 4.96 Å². The Labute approximate surface area is 124 Å². The van der Waals surface area contributed by atoms with Gasteiger partial charge in [0.2, 0.25) is 0 Å². The number of aromatic nitrogens is 2. The summed E-state index contributed by atoms with van der Waals surface area (Å²) in [6.45, 7) is 3.16. The van der Waals surface area contributed by atoms with Crippen molar-refractivity contribution in [3.05, 3.63) is 33.2 Å². The summed E-state index contributed by atoms with van der Waals surface area (Å²) in [7, 11) is 0. The zero-order chi connectivity index (χ0) is 15.2. The van der Waals surface area contributed by atoms with Gasteiger partial charge in [-0.25, -0.2) is 4.98 Å². The van der Waals surface area contributed by atoms with E-state index in [1.54, 1.807) is 4.40 Å². The third-order valence-electron chi connectivity index (χ3n) is 3.82. The molecule has 21 heavy (non-hydrogen) atoms. The van der Waals surface area contributed by atoms with Crippen LogP contribution in [0, 0.1) is 6.92 Å². The lowest BCUT2D eigenvalue weighted by molar-refractivity contribution is -0.142. The second-order valence-electron chi connectivity index (χ2n) is 5.50. The molecule has 1 aliphatic rings. The lowest BCUT2D eigenvalue weighted by atomic mass is 10.0. The second kappa shape index (κ2) is 4.90. The number of nitrogens with zero attached hydrogens (tertiary/aromatic N) is 3. The van der Waals surface area contributed by atoms with Crippen LogP contribution >= 0.6 is 11.3 Å². The number of likely N-dealkylation sites (tertiary alicyclic amines) is 1. The molecular formula is C13H16N4O3S. The highest BCUT2D eigenvalue weighted by Gasteiger charge is 2.41. The highest BCUT2D eigenvalue weighted by atomic mass is 32.1. The SMILES string of the molecule is Cc1csc2nc(CN3CCC(N)(C(=O)O)C3)cc(=O)n12. The highest BCUT2D eigenvalue weighted by molar-refractivity contribution is 7.15. The van der Waals surface area contributed by atoms with Gasteiger partial charge in [-0.2, -0.15) is 0 Å². The lowest BCUT2D eigenvalue weighted by Gasteiger charge is -2.19. The topological polar surface area (TPSA) is 101 Å². The van der Waals surface area contributed by atoms with Crippen LogP contribution in [-0.2, 0) is 11.3 Å². The standard InChI is InChI=1S/C13H16N4O3S/c1-8-6-21-12-15-9(4-10(18)17(8)12)5-16-3-2-13(14,7-16)11(19)20/h4,6H,2-3,5,7,14H2,1H3,(H,19,20). The molecule has 1 atom stereocenters. The van der Waals surface area contributed by atoms with E-state index < -0.39 is 11.5 Å². The Kier molecular flexibility index (Phi) is 3.31. The number of thiazole rings is 1. The van der Waals surface area contributed by atoms with Crippen LogP contribution < -0.4 is 11.3 Å². The minimum Gasteiger partial charge on any atom is -0.480 e. The molecule has 1 aliphatic heterocycles. The summed E-state index contributed by atoms with van der Waals surface area (Å²) in [5.41, 5.74) is 6.06. The fraction of sp³-hybridized carbons (Fsp3) is 0.462. The number of carbonyl (C=O) groups is 1. The molecule has 0 saturated carbocycles. The predicted molar refractivity (Wildman–Crippen MR) is 78.5 cm³/mol. The zero-order valence-corrected chi connectivity index (χ0v) is 12.4. The van der Waals surface area contributed by atoms with E-state index in [9.17, 15) is 9.59 Å². The van der Waals surface area contributed by atoms with Crippen LogP contribution in [0.4, 0.5) is 0 Å². The second-order valence-corrected chi connectivity index (χ2v) is 6.34. The number of hydrogen-bond acceptors (Lipinski definition) is 6. The van der Waals surface area contributed by atoms with Crippen molar-refractivity contribution in [1.82, 2.24) is 14.3 Å². The maximum Gasteiger partial charge on any atom is 0.325 e. The Bertz CT molecular complexity index is 768. The van der Waals surface area contributed by atoms with E-state index in [1.165, 1.54) is 17.4 Å². The Morgan fingerprint density at radius 1 is 1.62 bits per heavy atom. The first-order valence-electron chi connectivity index (χ1n) is 6.60. The van der Waals surface area contributed by atoms with Gasteiger partial charge in [-0.1, -0.05) is 0 Å². The van der Waals surface area contributed by atoms with E-state index in [4.69, 9.17) is 10.8 Å². The molecule has 3 heterocycles. The molecule has 2 aromatic rings. The molecule has 112 valence electrons. The van der Waals surface area contributed by atoms with Crippen molar-refractivity contribution in [1.29, 1.82) is 0 Å². The molecule has 1 unspecified atom stereocenters. The van der Waals surface area contributed by atoms with Gasteiger partial charge in [0.1, 0.15) is 5.54 Å². The number of carboxylic acids is 1. The smallest absolute Gasteiger partial charge is 0.325 e. The highest BCUT2D eigenvalue weighted by Crippen LogP contribution is 2.21. The number of hydrogen-bond donors (Lipinski definition) is 2. The average molecular weight is 308 g/mol. The average Bonchev–Trinajstić information content (AvgIpc) is 2.95. The maximum absolute atomic E-state index is 12.1. The number of aliphatic carboxylic acids is 1. The molecule has 0 spiro atoms. The maximum atomic E-state index is 12.1. The molecule has 3 N–H and O–H groups in total. The predicted octanol–water partition coefficient (Wildman–Crippen LogP) is 0.0522. The van der Waals surface area contributed by atoms with Gasteiger partial charge in [-0.15, -0.1) is 11.3 Å². The van der Waals surface area contributed by atoms with Crippen molar-refractivity contribution in [2.45, 2.75) is 25.4 Å². The van der Waals surface area contributed by atoms with Gasteiger partial charge in [0.25, 0.3) is 5.56 Å². The van der Waals surface area contributed by atoms with Gasteiger partial charge in [0.05, 0.1) is 5.69 Å². The molecule has 2 aromatic heterocycles. The summed E-state index contributed by atoms with van der Waals surface area (Å²) in [6.07, 6.45) is 0.404. The minimum absolute atomic E-state index is 0.106. The molecule has 8 heteroatoms. The Hall–Kier alpha value is -1.77. The molecule has 0 bridgehead atoms. The molecular weight excluding hydrogens is 292 g/mol. The van der Waals surface area contributed by atoms with Crippen LogP contribution in [0.5, 0.6) is 0 Å². The Morgan fingerprint density at radius 2 is 2.38 bits per heavy atom. The molecule has 0 radical (unpaired) electrons. The first-order valence-corrected chi connectivity index (χ1v) is 7.48. The molecule has 0 aromatic carbocycles. The van der Waals surface area contributed by atoms with Crippen molar-refractivity contribution < 1.29 is 9.90 Å². The third-order valence-corrected chi connectivity index (χ3v) is 4.76. The van der Waals surface area contributed by atoms with E-state index in [2.05, 4.69) is 4.98 Å². The molecule has 3 rings (SSSR count). The normalized spacial score (nSPS) is 23.0. The first-order chi connectivity index (χ1) is 9.89. The van der Waals surface area contributed by atoms with Crippen LogP contribution in [0.2, 0.25) is 0 Å². The minimum atomic E-state index is -1.20. The quantitative estimate of drug-likeness (QED) is 0.831. The molecule has 7 nitrogen and oxygen atoms in total. The van der Waals surface area contributed by atoms with Crippen molar-refractivity contribution in [3.63, 3.8) is 0 Å². The van der Waals surface area contributed by atoms with Crippen LogP contribution in [0.15, 0.2) is 16.2 Å². The van der Waals surface area contributed by atoms with Gasteiger partial charge in [0.15, 0.2) is 4.96 Å². The van der Waals surface area contributed by atoms with Gasteiger partial charge in [-0.3, -0.25) is 18.9 Å². The van der Waals surface area contributed by atoms with E-state index in [0.29, 0.717) is 30.2 Å². The number of aryl methyl sites for hydroxylation is 1. The van der Waals surface area contributed by atoms with Crippen LogP contribution in [0.3, 0.4) is 0 Å². The van der Waals surface area contributed by atoms with Gasteiger partial charge in [-0.05, 0) is 13.3 Å². The number of rotatable bonds is 3. The van der Waals surface area contributed by atoms with Crippen LogP contribution in [0.1, 0.15) is 17.8 Å². The first kappa shape index (κ1) is 14.2. The fourth-order valence-electron chi connectivity index (χ4n) is 2.64. The Morgan fingerprint density at radius 3 is 3.05 bits per heavy atom. The summed E-state index contributed by atoms with van der Waals surface area (Å²) in [4.78, 5) is 30.3. The van der Waals surface area contributed by atoms with E-state index in [1.807, 2.05) is 17.2 Å². The fourth-order valence-corrected chi connectivity index (χ4v) is 3.53. The summed E-state index contributed by atoms with van der Waals surface area (Å²) < 4.78 is 1.57. The van der Waals surface area contributed by atoms with E-state index >= 15 is 0 Å². The molecule has 0 amide bonds. The van der Waals surface area contributed by atoms with Crippen molar-refractivity contribution in [2.24, 2.45) is 5.73 Å². The molecule has 1 fully saturated rings. The van der Waals surface area contributed by atoms with Crippen molar-refractivity contribution >= 4 is 22.3 Å². The lowest BCUT2D eigenvalue weighted by Crippen LogP contribution is -2.50. The van der Waals surface area contributed by atoms with E-state index in [0.717, 1.165) is 5.69 Å². The molecule has 1 saturated heterocycles. The summed E-state index contributed by atoms with van der Waals surface area (Å²) in [6, 6.07) is 1.50.